The minimum atomic E-state index is -0.660. The molecule has 0 bridgehead atoms. The maximum absolute atomic E-state index is 11.1. The molecular formula is C9H13N4O2. The highest BCUT2D eigenvalue weighted by Crippen LogP contribution is 1.96. The fourth-order valence-corrected chi connectivity index (χ4v) is 1.13. The number of hydrogen-bond donors (Lipinski definition) is 3. The number of nitrogens with two attached hydrogens (primary N) is 1. The Bertz CT molecular complexity index is 310. The number of hydrogen-bond acceptors (Lipinski definition) is 4. The van der Waals surface area contributed by atoms with Crippen molar-refractivity contribution in [3.8, 4) is 0 Å². The summed E-state index contributed by atoms with van der Waals surface area (Å²) < 4.78 is 0. The number of rotatable bonds is 6. The molecule has 1 rings (SSSR count). The quantitative estimate of drug-likeness (QED) is 0.553. The van der Waals surface area contributed by atoms with E-state index in [0.29, 0.717) is 12.1 Å². The second-order valence-electron chi connectivity index (χ2n) is 3.04. The third-order valence-electron chi connectivity index (χ3n) is 1.82. The molecule has 1 atom stereocenters. The molecule has 0 aliphatic carbocycles. The molecule has 1 aromatic heterocycles. The standard InChI is InChI=1S/C9H13N4O2/c10-2-1-9(15)13-8(5-14)3-7-4-11-6-12-7/h4,6,8H,1-3,10H2,(H,11,12)(H,13,15)/t8-/m0/s1. The van der Waals surface area contributed by atoms with Crippen LogP contribution in [0.15, 0.2) is 12.5 Å². The van der Waals surface area contributed by atoms with Gasteiger partial charge in [0, 0.05) is 25.6 Å². The first-order chi connectivity index (χ1) is 7.26. The second kappa shape index (κ2) is 5.92. The fourth-order valence-electron chi connectivity index (χ4n) is 1.13. The molecule has 15 heavy (non-hydrogen) atoms. The van der Waals surface area contributed by atoms with Gasteiger partial charge in [-0.05, 0) is 0 Å². The number of H-pyrrole nitrogens is 1. The number of aromatic amines is 1. The van der Waals surface area contributed by atoms with Gasteiger partial charge >= 0.3 is 0 Å². The first kappa shape index (κ1) is 11.4. The van der Waals surface area contributed by atoms with E-state index in [1.54, 1.807) is 12.5 Å². The average Bonchev–Trinajstić information content (AvgIpc) is 2.70. The maximum atomic E-state index is 11.1. The van der Waals surface area contributed by atoms with Gasteiger partial charge in [0.1, 0.15) is 6.04 Å². The monoisotopic (exact) mass is 209 g/mol. The molecule has 6 heteroatoms. The van der Waals surface area contributed by atoms with Crippen LogP contribution < -0.4 is 11.1 Å². The van der Waals surface area contributed by atoms with Gasteiger partial charge in [-0.15, -0.1) is 0 Å². The molecule has 1 aromatic rings. The highest BCUT2D eigenvalue weighted by Gasteiger charge is 2.13. The van der Waals surface area contributed by atoms with E-state index in [2.05, 4.69) is 15.3 Å². The van der Waals surface area contributed by atoms with E-state index in [1.165, 1.54) is 6.33 Å². The van der Waals surface area contributed by atoms with Crippen LogP contribution in [0.1, 0.15) is 12.1 Å². The Morgan fingerprint density at radius 1 is 1.73 bits per heavy atom. The van der Waals surface area contributed by atoms with Gasteiger partial charge in [0.05, 0.1) is 12.0 Å². The summed E-state index contributed by atoms with van der Waals surface area (Å²) in [6.45, 7) is 0.264. The van der Waals surface area contributed by atoms with Crippen molar-refractivity contribution in [2.24, 2.45) is 5.73 Å². The van der Waals surface area contributed by atoms with Crippen LogP contribution in [0, 0.1) is 0 Å². The highest BCUT2D eigenvalue weighted by molar-refractivity contribution is 5.79. The molecule has 0 saturated heterocycles. The average molecular weight is 209 g/mol. The van der Waals surface area contributed by atoms with Crippen molar-refractivity contribution in [3.63, 3.8) is 0 Å². The van der Waals surface area contributed by atoms with Gasteiger partial charge in [0.2, 0.25) is 12.2 Å². The Labute approximate surface area is 87.3 Å². The molecule has 4 N–H and O–H groups in total. The maximum Gasteiger partial charge on any atom is 0.223 e. The van der Waals surface area contributed by atoms with Crippen molar-refractivity contribution in [1.29, 1.82) is 0 Å². The molecule has 81 valence electrons. The zero-order valence-electron chi connectivity index (χ0n) is 8.19. The molecule has 0 fully saturated rings. The lowest BCUT2D eigenvalue weighted by Crippen LogP contribution is -2.38. The van der Waals surface area contributed by atoms with Gasteiger partial charge in [-0.2, -0.15) is 0 Å². The van der Waals surface area contributed by atoms with Gasteiger partial charge < -0.3 is 16.0 Å². The Balaban J connectivity index is 2.42. The second-order valence-corrected chi connectivity index (χ2v) is 3.04. The molecule has 0 aliphatic rings. The van der Waals surface area contributed by atoms with Crippen molar-refractivity contribution in [3.05, 3.63) is 18.2 Å². The van der Waals surface area contributed by atoms with Crippen molar-refractivity contribution in [1.82, 2.24) is 15.3 Å². The summed E-state index contributed by atoms with van der Waals surface area (Å²) in [5.74, 6) is -0.249. The van der Waals surface area contributed by atoms with Crippen LogP contribution >= 0.6 is 0 Å². The van der Waals surface area contributed by atoms with Crippen LogP contribution in [-0.4, -0.2) is 34.7 Å². The summed E-state index contributed by atoms with van der Waals surface area (Å²) in [5, 5.41) is 2.51. The minimum Gasteiger partial charge on any atom is -0.351 e. The third-order valence-corrected chi connectivity index (χ3v) is 1.82. The summed E-state index contributed by atoms with van der Waals surface area (Å²) in [6, 6.07) is -0.660. The van der Waals surface area contributed by atoms with E-state index < -0.39 is 6.04 Å². The van der Waals surface area contributed by atoms with E-state index in [4.69, 9.17) is 5.73 Å². The number of nitrogens with one attached hydrogen (secondary N) is 2. The lowest BCUT2D eigenvalue weighted by molar-refractivity contribution is -0.121. The van der Waals surface area contributed by atoms with E-state index >= 15 is 0 Å². The lowest BCUT2D eigenvalue weighted by atomic mass is 10.2. The lowest BCUT2D eigenvalue weighted by Gasteiger charge is -2.09. The normalized spacial score (nSPS) is 12.1. The summed E-state index contributed by atoms with van der Waals surface area (Å²) in [4.78, 5) is 28.4. The van der Waals surface area contributed by atoms with Crippen molar-refractivity contribution >= 4 is 12.2 Å². The van der Waals surface area contributed by atoms with E-state index in [-0.39, 0.29) is 18.9 Å². The molecule has 0 aromatic carbocycles. The molecule has 0 spiro atoms. The molecular weight excluding hydrogens is 196 g/mol. The van der Waals surface area contributed by atoms with Crippen molar-refractivity contribution in [2.45, 2.75) is 18.9 Å². The predicted molar refractivity (Wildman–Crippen MR) is 53.6 cm³/mol. The number of imidazole rings is 1. The zero-order valence-corrected chi connectivity index (χ0v) is 8.19. The summed E-state index contributed by atoms with van der Waals surface area (Å²) in [7, 11) is 0. The topological polar surface area (TPSA) is 101 Å². The summed E-state index contributed by atoms with van der Waals surface area (Å²) in [5.41, 5.74) is 5.91. The molecule has 1 amide bonds. The van der Waals surface area contributed by atoms with Gasteiger partial charge in [-0.25, -0.2) is 4.98 Å². The molecule has 0 unspecified atom stereocenters. The fraction of sp³-hybridized carbons (Fsp3) is 0.444. The van der Waals surface area contributed by atoms with Gasteiger partial charge in [0.25, 0.3) is 0 Å². The first-order valence-electron chi connectivity index (χ1n) is 4.61. The van der Waals surface area contributed by atoms with Gasteiger partial charge in [-0.1, -0.05) is 0 Å². The Morgan fingerprint density at radius 3 is 3.07 bits per heavy atom. The van der Waals surface area contributed by atoms with Crippen LogP contribution in [-0.2, 0) is 16.0 Å². The molecule has 0 saturated carbocycles. The molecule has 1 heterocycles. The molecule has 0 aliphatic heterocycles. The number of carbonyl (C=O) groups excluding carboxylic acids is 2. The van der Waals surface area contributed by atoms with Crippen LogP contribution in [0.5, 0.6) is 0 Å². The number of amides is 1. The van der Waals surface area contributed by atoms with Crippen molar-refractivity contribution < 1.29 is 9.59 Å². The summed E-state index contributed by atoms with van der Waals surface area (Å²) in [6.07, 6.45) is 5.48. The largest absolute Gasteiger partial charge is 0.351 e. The summed E-state index contributed by atoms with van der Waals surface area (Å²) >= 11 is 0. The zero-order chi connectivity index (χ0) is 11.1. The van der Waals surface area contributed by atoms with Crippen LogP contribution in [0.2, 0.25) is 0 Å². The third kappa shape index (κ3) is 3.90. The number of carbonyl (C=O) groups is 1. The minimum absolute atomic E-state index is 0.207. The Hall–Kier alpha value is -1.69. The molecule has 6 nitrogen and oxygen atoms in total. The Morgan fingerprint density at radius 2 is 2.53 bits per heavy atom. The first-order valence-corrected chi connectivity index (χ1v) is 4.61. The SMILES string of the molecule is NCCC(=O)N[C@H]([C]=O)Cc1c[nH]cn1. The van der Waals surface area contributed by atoms with E-state index in [1.807, 2.05) is 0 Å². The highest BCUT2D eigenvalue weighted by atomic mass is 16.2. The van der Waals surface area contributed by atoms with Crippen LogP contribution in [0.4, 0.5) is 0 Å². The smallest absolute Gasteiger partial charge is 0.223 e. The predicted octanol–water partition coefficient (Wildman–Crippen LogP) is -1.10. The van der Waals surface area contributed by atoms with Crippen LogP contribution in [0.25, 0.3) is 0 Å². The van der Waals surface area contributed by atoms with Crippen LogP contribution in [0.3, 0.4) is 0 Å². The van der Waals surface area contributed by atoms with Gasteiger partial charge in [-0.3, -0.25) is 9.59 Å². The Kier molecular flexibility index (Phi) is 4.49. The van der Waals surface area contributed by atoms with Crippen molar-refractivity contribution in [2.75, 3.05) is 6.54 Å². The van der Waals surface area contributed by atoms with E-state index in [0.717, 1.165) is 0 Å². The number of aromatic nitrogens is 2. The number of nitrogens with zero attached hydrogens (tertiary/aromatic N) is 1. The van der Waals surface area contributed by atoms with E-state index in [9.17, 15) is 9.59 Å². The molecule has 1 radical (unpaired) electrons. The van der Waals surface area contributed by atoms with Gasteiger partial charge in [0.15, 0.2) is 0 Å².